The molecule has 5 heteroatoms. The van der Waals surface area contributed by atoms with Crippen LogP contribution in [0.25, 0.3) is 0 Å². The Morgan fingerprint density at radius 1 is 1.53 bits per heavy atom. The summed E-state index contributed by atoms with van der Waals surface area (Å²) in [5.74, 6) is 0.738. The molecule has 2 N–H and O–H groups in total. The van der Waals surface area contributed by atoms with E-state index in [1.54, 1.807) is 7.11 Å². The van der Waals surface area contributed by atoms with Gasteiger partial charge in [-0.2, -0.15) is 0 Å². The number of carbonyl (C=O) groups excluding carboxylic acids is 1. The van der Waals surface area contributed by atoms with Crippen LogP contribution in [0, 0.1) is 0 Å². The van der Waals surface area contributed by atoms with Crippen LogP contribution in [0.4, 0.5) is 0 Å². The quantitative estimate of drug-likeness (QED) is 0.840. The number of methoxy groups -OCH3 is 1. The molecule has 1 aromatic carbocycles. The highest BCUT2D eigenvalue weighted by atomic mass is 16.5. The lowest BCUT2D eigenvalue weighted by molar-refractivity contribution is -0.129. The van der Waals surface area contributed by atoms with Crippen LogP contribution in [0.15, 0.2) is 24.3 Å². The summed E-state index contributed by atoms with van der Waals surface area (Å²) in [6, 6.07) is 7.36. The lowest BCUT2D eigenvalue weighted by Crippen LogP contribution is -2.55. The van der Waals surface area contributed by atoms with Crippen LogP contribution in [0.1, 0.15) is 12.5 Å². The van der Waals surface area contributed by atoms with Crippen molar-refractivity contribution in [2.24, 2.45) is 0 Å². The van der Waals surface area contributed by atoms with Crippen molar-refractivity contribution in [1.82, 2.24) is 10.6 Å². The number of benzene rings is 1. The maximum Gasteiger partial charge on any atom is 0.240 e. The molecule has 0 aliphatic carbocycles. The lowest BCUT2D eigenvalue weighted by Gasteiger charge is -2.29. The molecule has 1 amide bonds. The molecule has 0 saturated carbocycles. The molecule has 1 fully saturated rings. The van der Waals surface area contributed by atoms with E-state index in [1.807, 2.05) is 31.2 Å². The van der Waals surface area contributed by atoms with E-state index in [9.17, 15) is 4.79 Å². The van der Waals surface area contributed by atoms with Crippen molar-refractivity contribution in [3.8, 4) is 5.75 Å². The summed E-state index contributed by atoms with van der Waals surface area (Å²) in [7, 11) is 1.62. The van der Waals surface area contributed by atoms with Gasteiger partial charge in [0.15, 0.2) is 0 Å². The van der Waals surface area contributed by atoms with Gasteiger partial charge in [-0.25, -0.2) is 0 Å². The third kappa shape index (κ3) is 3.45. The molecule has 1 aromatic rings. The third-order valence-corrected chi connectivity index (χ3v) is 3.24. The molecule has 1 aliphatic heterocycles. The monoisotopic (exact) mass is 264 g/mol. The molecule has 0 spiro atoms. The number of morpholine rings is 1. The standard InChI is InChI=1S/C14H20N2O3/c1-10-13(15-7-8-19-10)14(17)16-9-11-5-3-4-6-12(11)18-2/h3-6,10,13,15H,7-9H2,1-2H3,(H,16,17)/t10-,13+/m1/s1. The topological polar surface area (TPSA) is 59.6 Å². The van der Waals surface area contributed by atoms with E-state index < -0.39 is 0 Å². The van der Waals surface area contributed by atoms with Crippen LogP contribution < -0.4 is 15.4 Å². The minimum absolute atomic E-state index is 0.0434. The third-order valence-electron chi connectivity index (χ3n) is 3.24. The molecule has 1 saturated heterocycles. The number of amides is 1. The van der Waals surface area contributed by atoms with Crippen molar-refractivity contribution in [1.29, 1.82) is 0 Å². The molecule has 0 bridgehead atoms. The predicted molar refractivity (Wildman–Crippen MR) is 72.0 cm³/mol. The van der Waals surface area contributed by atoms with Crippen molar-refractivity contribution in [3.63, 3.8) is 0 Å². The fraction of sp³-hybridized carbons (Fsp3) is 0.500. The van der Waals surface area contributed by atoms with E-state index >= 15 is 0 Å². The minimum atomic E-state index is -0.288. The first kappa shape index (κ1) is 13.8. The molecular weight excluding hydrogens is 244 g/mol. The van der Waals surface area contributed by atoms with Gasteiger partial charge in [0.2, 0.25) is 5.91 Å². The first-order chi connectivity index (χ1) is 9.22. The Bertz CT molecular complexity index is 436. The van der Waals surface area contributed by atoms with Gasteiger partial charge in [-0.3, -0.25) is 4.79 Å². The number of rotatable bonds is 4. The van der Waals surface area contributed by atoms with Crippen molar-refractivity contribution in [2.45, 2.75) is 25.6 Å². The second-order valence-electron chi connectivity index (χ2n) is 4.54. The second kappa shape index (κ2) is 6.54. The summed E-state index contributed by atoms with van der Waals surface area (Å²) < 4.78 is 10.7. The van der Waals surface area contributed by atoms with Crippen LogP contribution >= 0.6 is 0 Å². The highest BCUT2D eigenvalue weighted by molar-refractivity contribution is 5.82. The van der Waals surface area contributed by atoms with Crippen molar-refractivity contribution in [2.75, 3.05) is 20.3 Å². The average Bonchev–Trinajstić information content (AvgIpc) is 2.45. The number of para-hydroxylation sites is 1. The van der Waals surface area contributed by atoms with Crippen LogP contribution in [0.2, 0.25) is 0 Å². The van der Waals surface area contributed by atoms with Gasteiger partial charge in [-0.1, -0.05) is 18.2 Å². The average molecular weight is 264 g/mol. The SMILES string of the molecule is COc1ccccc1CNC(=O)[C@H]1NCCO[C@@H]1C. The highest BCUT2D eigenvalue weighted by Gasteiger charge is 2.27. The highest BCUT2D eigenvalue weighted by Crippen LogP contribution is 2.16. The largest absolute Gasteiger partial charge is 0.496 e. The first-order valence-corrected chi connectivity index (χ1v) is 6.47. The minimum Gasteiger partial charge on any atom is -0.496 e. The smallest absolute Gasteiger partial charge is 0.240 e. The van der Waals surface area contributed by atoms with Gasteiger partial charge in [0, 0.05) is 18.7 Å². The van der Waals surface area contributed by atoms with E-state index in [0.29, 0.717) is 19.7 Å². The van der Waals surface area contributed by atoms with Crippen LogP contribution in [-0.2, 0) is 16.1 Å². The van der Waals surface area contributed by atoms with E-state index in [4.69, 9.17) is 9.47 Å². The summed E-state index contributed by atoms with van der Waals surface area (Å²) >= 11 is 0. The van der Waals surface area contributed by atoms with Gasteiger partial charge in [-0.05, 0) is 13.0 Å². The summed E-state index contributed by atoms with van der Waals surface area (Å²) in [4.78, 5) is 12.1. The maximum absolute atomic E-state index is 12.1. The Labute approximate surface area is 113 Å². The number of hydrogen-bond donors (Lipinski definition) is 2. The second-order valence-corrected chi connectivity index (χ2v) is 4.54. The van der Waals surface area contributed by atoms with Gasteiger partial charge in [0.25, 0.3) is 0 Å². The molecule has 0 aromatic heterocycles. The Hall–Kier alpha value is -1.59. The lowest BCUT2D eigenvalue weighted by atomic mass is 10.1. The predicted octanol–water partition coefficient (Wildman–Crippen LogP) is 0.688. The van der Waals surface area contributed by atoms with E-state index in [-0.39, 0.29) is 18.1 Å². The normalized spacial score (nSPS) is 22.8. The number of hydrogen-bond acceptors (Lipinski definition) is 4. The van der Waals surface area contributed by atoms with E-state index in [1.165, 1.54) is 0 Å². The van der Waals surface area contributed by atoms with Gasteiger partial charge in [-0.15, -0.1) is 0 Å². The Balaban J connectivity index is 1.92. The van der Waals surface area contributed by atoms with Crippen LogP contribution in [-0.4, -0.2) is 38.3 Å². The summed E-state index contributed by atoms with van der Waals surface area (Å²) in [5.41, 5.74) is 0.961. The molecular formula is C14H20N2O3. The van der Waals surface area contributed by atoms with Gasteiger partial charge < -0.3 is 20.1 Å². The first-order valence-electron chi connectivity index (χ1n) is 6.47. The van der Waals surface area contributed by atoms with Crippen molar-refractivity contribution in [3.05, 3.63) is 29.8 Å². The van der Waals surface area contributed by atoms with Crippen molar-refractivity contribution >= 4 is 5.91 Å². The Morgan fingerprint density at radius 3 is 3.05 bits per heavy atom. The fourth-order valence-corrected chi connectivity index (χ4v) is 2.17. The molecule has 1 aliphatic rings. The van der Waals surface area contributed by atoms with Crippen molar-refractivity contribution < 1.29 is 14.3 Å². The molecule has 104 valence electrons. The van der Waals surface area contributed by atoms with E-state index in [0.717, 1.165) is 11.3 Å². The molecule has 2 rings (SSSR count). The molecule has 2 atom stereocenters. The Kier molecular flexibility index (Phi) is 4.76. The maximum atomic E-state index is 12.1. The zero-order valence-electron chi connectivity index (χ0n) is 11.3. The fourth-order valence-electron chi connectivity index (χ4n) is 2.17. The Morgan fingerprint density at radius 2 is 2.32 bits per heavy atom. The summed E-state index contributed by atoms with van der Waals surface area (Å²) in [6.07, 6.45) is -0.105. The zero-order chi connectivity index (χ0) is 13.7. The zero-order valence-corrected chi connectivity index (χ0v) is 11.3. The van der Waals surface area contributed by atoms with Gasteiger partial charge in [0.05, 0.1) is 19.8 Å². The molecule has 19 heavy (non-hydrogen) atoms. The van der Waals surface area contributed by atoms with Gasteiger partial charge >= 0.3 is 0 Å². The summed E-state index contributed by atoms with van der Waals surface area (Å²) in [5, 5.41) is 6.08. The number of carbonyl (C=O) groups is 1. The molecule has 0 unspecified atom stereocenters. The van der Waals surface area contributed by atoms with Gasteiger partial charge in [0.1, 0.15) is 11.8 Å². The van der Waals surface area contributed by atoms with Crippen LogP contribution in [0.3, 0.4) is 0 Å². The number of nitrogens with one attached hydrogen (secondary N) is 2. The molecule has 0 radical (unpaired) electrons. The summed E-state index contributed by atoms with van der Waals surface area (Å²) in [6.45, 7) is 3.71. The number of ether oxygens (including phenoxy) is 2. The molecule has 5 nitrogen and oxygen atoms in total. The molecule has 1 heterocycles. The van der Waals surface area contributed by atoms with Crippen LogP contribution in [0.5, 0.6) is 5.75 Å². The van der Waals surface area contributed by atoms with E-state index in [2.05, 4.69) is 10.6 Å².